The molecule has 2 heterocycles. The molecule has 0 unspecified atom stereocenters. The molecule has 2 atom stereocenters. The van der Waals surface area contributed by atoms with Crippen LogP contribution in [0.25, 0.3) is 11.3 Å². The van der Waals surface area contributed by atoms with Gasteiger partial charge in [-0.15, -0.1) is 11.3 Å². The number of carbonyl (C=O) groups excluding carboxylic acids is 3. The molecule has 1 saturated carbocycles. The molecule has 158 valence electrons. The first-order valence-corrected chi connectivity index (χ1v) is 11.3. The van der Waals surface area contributed by atoms with Crippen molar-refractivity contribution in [3.8, 4) is 11.3 Å². The van der Waals surface area contributed by atoms with Crippen LogP contribution in [0.1, 0.15) is 45.1 Å². The molecule has 30 heavy (non-hydrogen) atoms. The van der Waals surface area contributed by atoms with Crippen LogP contribution in [-0.4, -0.2) is 39.8 Å². The number of nitrogens with one attached hydrogen (secondary N) is 2. The van der Waals surface area contributed by atoms with Gasteiger partial charge in [-0.2, -0.15) is 0 Å². The highest BCUT2D eigenvalue weighted by Gasteiger charge is 2.55. The molecule has 1 spiro atoms. The molecular formula is C22H26N4O3S. The first-order valence-electron chi connectivity index (χ1n) is 10.4. The van der Waals surface area contributed by atoms with Crippen LogP contribution in [0.2, 0.25) is 0 Å². The highest BCUT2D eigenvalue weighted by Crippen LogP contribution is 2.38. The lowest BCUT2D eigenvalue weighted by atomic mass is 9.73. The Balaban J connectivity index is 1.41. The van der Waals surface area contributed by atoms with Crippen molar-refractivity contribution in [2.45, 2.75) is 51.5 Å². The second kappa shape index (κ2) is 8.18. The van der Waals surface area contributed by atoms with Gasteiger partial charge in [-0.3, -0.25) is 14.5 Å². The lowest BCUT2D eigenvalue weighted by Gasteiger charge is -2.36. The summed E-state index contributed by atoms with van der Waals surface area (Å²) in [5, 5.41) is 7.91. The molecule has 1 aliphatic carbocycles. The fourth-order valence-corrected chi connectivity index (χ4v) is 5.05. The molecule has 2 aromatic rings. The number of aromatic nitrogens is 1. The maximum atomic E-state index is 13.0. The van der Waals surface area contributed by atoms with Gasteiger partial charge in [-0.25, -0.2) is 9.78 Å². The smallest absolute Gasteiger partial charge is 0.323 e. The second-order valence-corrected chi connectivity index (χ2v) is 8.93. The largest absolute Gasteiger partial charge is 0.325 e. The first kappa shape index (κ1) is 20.5. The summed E-state index contributed by atoms with van der Waals surface area (Å²) in [5.41, 5.74) is 2.16. The van der Waals surface area contributed by atoms with Gasteiger partial charge in [-0.05, 0) is 30.7 Å². The number of carbonyl (C=O) groups is 3. The zero-order valence-electron chi connectivity index (χ0n) is 17.2. The van der Waals surface area contributed by atoms with Crippen molar-refractivity contribution < 1.29 is 14.4 Å². The minimum atomic E-state index is -0.853. The van der Waals surface area contributed by atoms with E-state index in [2.05, 4.69) is 34.7 Å². The van der Waals surface area contributed by atoms with Gasteiger partial charge in [0.2, 0.25) is 5.91 Å². The van der Waals surface area contributed by atoms with E-state index in [4.69, 9.17) is 0 Å². The molecule has 4 rings (SSSR count). The Kier molecular flexibility index (Phi) is 5.60. The molecule has 2 aliphatic rings. The van der Waals surface area contributed by atoms with E-state index in [0.29, 0.717) is 11.6 Å². The Morgan fingerprint density at radius 3 is 2.77 bits per heavy atom. The van der Waals surface area contributed by atoms with Crippen molar-refractivity contribution in [1.82, 2.24) is 15.2 Å². The number of hydrogen-bond acceptors (Lipinski definition) is 5. The highest BCUT2D eigenvalue weighted by atomic mass is 32.1. The monoisotopic (exact) mass is 426 g/mol. The molecule has 2 N–H and O–H groups in total. The van der Waals surface area contributed by atoms with Crippen molar-refractivity contribution >= 4 is 34.3 Å². The minimum absolute atomic E-state index is 0.0661. The summed E-state index contributed by atoms with van der Waals surface area (Å²) in [5.74, 6) is -0.650. The molecule has 1 aromatic heterocycles. The van der Waals surface area contributed by atoms with Gasteiger partial charge in [0.1, 0.15) is 12.1 Å². The van der Waals surface area contributed by atoms with Crippen molar-refractivity contribution in [3.05, 3.63) is 35.2 Å². The van der Waals surface area contributed by atoms with Crippen molar-refractivity contribution in [3.63, 3.8) is 0 Å². The Labute approximate surface area is 179 Å². The van der Waals surface area contributed by atoms with Crippen LogP contribution in [0.3, 0.4) is 0 Å². The quantitative estimate of drug-likeness (QED) is 0.711. The average molecular weight is 427 g/mol. The number of amides is 4. The highest BCUT2D eigenvalue weighted by molar-refractivity contribution is 7.14. The summed E-state index contributed by atoms with van der Waals surface area (Å²) in [6.45, 7) is 3.79. The van der Waals surface area contributed by atoms with Crippen molar-refractivity contribution in [1.29, 1.82) is 0 Å². The Hall–Kier alpha value is -2.74. The van der Waals surface area contributed by atoms with Crippen LogP contribution >= 0.6 is 11.3 Å². The number of rotatable bonds is 5. The predicted molar refractivity (Wildman–Crippen MR) is 116 cm³/mol. The summed E-state index contributed by atoms with van der Waals surface area (Å²) in [6.07, 6.45) is 4.45. The fraction of sp³-hybridized carbons (Fsp3) is 0.455. The third-order valence-electron chi connectivity index (χ3n) is 6.21. The average Bonchev–Trinajstić information content (AvgIpc) is 3.29. The molecule has 0 bridgehead atoms. The molecule has 7 nitrogen and oxygen atoms in total. The van der Waals surface area contributed by atoms with E-state index in [-0.39, 0.29) is 18.4 Å². The lowest BCUT2D eigenvalue weighted by molar-refractivity contribution is -0.136. The van der Waals surface area contributed by atoms with E-state index in [9.17, 15) is 14.4 Å². The van der Waals surface area contributed by atoms with E-state index in [1.54, 1.807) is 0 Å². The van der Waals surface area contributed by atoms with E-state index >= 15 is 0 Å². The predicted octanol–water partition coefficient (Wildman–Crippen LogP) is 3.81. The normalized spacial score (nSPS) is 23.7. The van der Waals surface area contributed by atoms with E-state index in [1.165, 1.54) is 16.9 Å². The number of thiazole rings is 1. The van der Waals surface area contributed by atoms with Crippen molar-refractivity contribution in [2.75, 3.05) is 11.9 Å². The maximum absolute atomic E-state index is 13.0. The topological polar surface area (TPSA) is 91.4 Å². The standard InChI is InChI=1S/C22H26N4O3S/c1-3-15-7-9-16(10-8-15)17-13-30-20(23-17)24-18(27)12-26-19(28)22(25-21(26)29)11-5-4-6-14(22)2/h7-10,13-14H,3-6,11-12H2,1-2H3,(H,25,29)(H,23,24,27)/t14-,22+/m1/s1. The molecule has 1 saturated heterocycles. The van der Waals surface area contributed by atoms with Gasteiger partial charge in [-0.1, -0.05) is 51.0 Å². The van der Waals surface area contributed by atoms with Crippen LogP contribution in [-0.2, 0) is 16.0 Å². The number of aryl methyl sites for hydroxylation is 1. The molecule has 2 fully saturated rings. The number of imide groups is 1. The summed E-state index contributed by atoms with van der Waals surface area (Å²) < 4.78 is 0. The van der Waals surface area contributed by atoms with Crippen LogP contribution in [0.4, 0.5) is 9.93 Å². The number of hydrogen-bond donors (Lipinski definition) is 2. The van der Waals surface area contributed by atoms with Crippen LogP contribution in [0, 0.1) is 5.92 Å². The first-order chi connectivity index (χ1) is 14.4. The summed E-state index contributed by atoms with van der Waals surface area (Å²) in [6, 6.07) is 7.66. The SMILES string of the molecule is CCc1ccc(-c2csc(NC(=O)CN3C(=O)N[C@]4(CCCC[C@H]4C)C3=O)n2)cc1. The molecule has 4 amide bonds. The number of anilines is 1. The third-order valence-corrected chi connectivity index (χ3v) is 6.97. The summed E-state index contributed by atoms with van der Waals surface area (Å²) >= 11 is 1.32. The molecule has 0 radical (unpaired) electrons. The van der Waals surface area contributed by atoms with Crippen LogP contribution in [0.15, 0.2) is 29.6 Å². The van der Waals surface area contributed by atoms with E-state index in [0.717, 1.165) is 41.8 Å². The number of nitrogens with zero attached hydrogens (tertiary/aromatic N) is 2. The Bertz CT molecular complexity index is 971. The Morgan fingerprint density at radius 2 is 2.07 bits per heavy atom. The minimum Gasteiger partial charge on any atom is -0.323 e. The third kappa shape index (κ3) is 3.71. The van der Waals surface area contributed by atoms with Gasteiger partial charge in [0.25, 0.3) is 5.91 Å². The second-order valence-electron chi connectivity index (χ2n) is 8.08. The zero-order chi connectivity index (χ0) is 21.3. The molecular weight excluding hydrogens is 400 g/mol. The molecule has 1 aromatic carbocycles. The van der Waals surface area contributed by atoms with Gasteiger partial charge in [0, 0.05) is 10.9 Å². The molecule has 1 aliphatic heterocycles. The van der Waals surface area contributed by atoms with Gasteiger partial charge in [0.15, 0.2) is 5.13 Å². The Morgan fingerprint density at radius 1 is 1.30 bits per heavy atom. The molecule has 8 heteroatoms. The zero-order valence-corrected chi connectivity index (χ0v) is 18.1. The van der Waals surface area contributed by atoms with E-state index < -0.39 is 17.5 Å². The number of urea groups is 1. The van der Waals surface area contributed by atoms with Gasteiger partial charge in [0.05, 0.1) is 5.69 Å². The fourth-order valence-electron chi connectivity index (χ4n) is 4.32. The van der Waals surface area contributed by atoms with E-state index in [1.807, 2.05) is 24.4 Å². The van der Waals surface area contributed by atoms with Crippen LogP contribution in [0.5, 0.6) is 0 Å². The summed E-state index contributed by atoms with van der Waals surface area (Å²) in [4.78, 5) is 43.4. The van der Waals surface area contributed by atoms with Crippen molar-refractivity contribution in [2.24, 2.45) is 5.92 Å². The maximum Gasteiger partial charge on any atom is 0.325 e. The lowest BCUT2D eigenvalue weighted by Crippen LogP contribution is -2.54. The number of benzene rings is 1. The van der Waals surface area contributed by atoms with Gasteiger partial charge >= 0.3 is 6.03 Å². The van der Waals surface area contributed by atoms with Gasteiger partial charge < -0.3 is 10.6 Å². The van der Waals surface area contributed by atoms with Crippen LogP contribution < -0.4 is 10.6 Å². The summed E-state index contributed by atoms with van der Waals surface area (Å²) in [7, 11) is 0.